The summed E-state index contributed by atoms with van der Waals surface area (Å²) in [6.45, 7) is 5.98. The lowest BCUT2D eigenvalue weighted by Crippen LogP contribution is -1.81. The average Bonchev–Trinajstić information content (AvgIpc) is 1.98. The zero-order chi connectivity index (χ0) is 7.82. The van der Waals surface area contributed by atoms with E-state index in [0.717, 1.165) is 5.57 Å². The maximum Gasteiger partial charge on any atom is 0.137 e. The molecular weight excluding hydrogens is 126 g/mol. The molecule has 0 heterocycles. The number of aliphatic imine (C=N–C) groups is 1. The molecule has 2 heteroatoms. The molecule has 0 aromatic rings. The summed E-state index contributed by atoms with van der Waals surface area (Å²) in [4.78, 5) is 3.91. The van der Waals surface area contributed by atoms with Crippen LogP contribution in [0.4, 0.5) is 0 Å². The number of hydrogen-bond donors (Lipinski definition) is 0. The molecule has 0 rings (SSSR count). The van der Waals surface area contributed by atoms with Gasteiger partial charge in [0.1, 0.15) is 6.73 Å². The van der Waals surface area contributed by atoms with Gasteiger partial charge in [-0.15, -0.1) is 0 Å². The van der Waals surface area contributed by atoms with Crippen molar-refractivity contribution < 1.29 is 4.74 Å². The van der Waals surface area contributed by atoms with Crippen LogP contribution in [0.25, 0.3) is 0 Å². The smallest absolute Gasteiger partial charge is 0.137 e. The predicted octanol–water partition coefficient (Wildman–Crippen LogP) is 1.79. The number of methoxy groups -OCH3 is 1. The van der Waals surface area contributed by atoms with Crippen LogP contribution >= 0.6 is 0 Å². The van der Waals surface area contributed by atoms with Gasteiger partial charge in [0.15, 0.2) is 0 Å². The van der Waals surface area contributed by atoms with Crippen LogP contribution in [0.5, 0.6) is 0 Å². The largest absolute Gasteiger partial charge is 0.363 e. The first-order valence-corrected chi connectivity index (χ1v) is 3.09. The summed E-state index contributed by atoms with van der Waals surface area (Å²) in [6.07, 6.45) is 5.37. The van der Waals surface area contributed by atoms with E-state index in [1.54, 1.807) is 19.4 Å². The van der Waals surface area contributed by atoms with Crippen molar-refractivity contribution in [1.29, 1.82) is 0 Å². The Morgan fingerprint density at radius 2 is 2.40 bits per heavy atom. The molecule has 0 aliphatic rings. The SMILES string of the molecule is C=CC(C)=CC=NCOC. The van der Waals surface area contributed by atoms with Crippen molar-refractivity contribution in [1.82, 2.24) is 0 Å². The maximum absolute atomic E-state index is 4.70. The fourth-order valence-electron chi connectivity index (χ4n) is 0.356. The highest BCUT2D eigenvalue weighted by atomic mass is 16.5. The Hall–Kier alpha value is -0.890. The molecule has 0 fully saturated rings. The van der Waals surface area contributed by atoms with E-state index in [1.165, 1.54) is 0 Å². The molecule has 0 aromatic heterocycles. The van der Waals surface area contributed by atoms with Crippen molar-refractivity contribution in [3.8, 4) is 0 Å². The summed E-state index contributed by atoms with van der Waals surface area (Å²) in [6, 6.07) is 0. The number of ether oxygens (including phenoxy) is 1. The lowest BCUT2D eigenvalue weighted by atomic mass is 10.3. The van der Waals surface area contributed by atoms with Crippen molar-refractivity contribution in [3.05, 3.63) is 24.3 Å². The van der Waals surface area contributed by atoms with Gasteiger partial charge in [-0.05, 0) is 13.0 Å². The number of hydrogen-bond acceptors (Lipinski definition) is 2. The van der Waals surface area contributed by atoms with Gasteiger partial charge >= 0.3 is 0 Å². The Morgan fingerprint density at radius 1 is 1.70 bits per heavy atom. The Labute approximate surface area is 61.9 Å². The number of allylic oxidation sites excluding steroid dienone is 3. The fourth-order valence-corrected chi connectivity index (χ4v) is 0.356. The topological polar surface area (TPSA) is 21.6 Å². The molecular formula is C8H13NO. The van der Waals surface area contributed by atoms with Gasteiger partial charge in [0, 0.05) is 13.3 Å². The summed E-state index contributed by atoms with van der Waals surface area (Å²) in [5.41, 5.74) is 1.10. The molecule has 0 bridgehead atoms. The standard InChI is InChI=1S/C8H13NO/c1-4-8(2)5-6-9-7-10-3/h4-6H,1,7H2,2-3H3. The minimum absolute atomic E-state index is 0.418. The van der Waals surface area contributed by atoms with Crippen LogP contribution in [0.2, 0.25) is 0 Å². The quantitative estimate of drug-likeness (QED) is 0.430. The van der Waals surface area contributed by atoms with Gasteiger partial charge in [-0.3, -0.25) is 4.99 Å². The third-order valence-corrected chi connectivity index (χ3v) is 0.968. The van der Waals surface area contributed by atoms with Crippen LogP contribution in [0.1, 0.15) is 6.92 Å². The number of nitrogens with zero attached hydrogens (tertiary/aromatic N) is 1. The summed E-state index contributed by atoms with van der Waals surface area (Å²) in [7, 11) is 1.61. The van der Waals surface area contributed by atoms with Gasteiger partial charge in [0.05, 0.1) is 0 Å². The second-order valence-corrected chi connectivity index (χ2v) is 1.86. The lowest BCUT2D eigenvalue weighted by Gasteiger charge is -1.86. The van der Waals surface area contributed by atoms with Crippen molar-refractivity contribution in [2.24, 2.45) is 4.99 Å². The molecule has 0 aromatic carbocycles. The normalized spacial score (nSPS) is 12.4. The molecule has 0 aliphatic heterocycles. The first-order valence-electron chi connectivity index (χ1n) is 3.09. The van der Waals surface area contributed by atoms with Crippen LogP contribution in [0.3, 0.4) is 0 Å². The number of rotatable bonds is 4. The van der Waals surface area contributed by atoms with Crippen LogP contribution in [0.15, 0.2) is 29.3 Å². The van der Waals surface area contributed by atoms with Gasteiger partial charge in [-0.1, -0.05) is 18.2 Å². The Kier molecular flexibility index (Phi) is 5.68. The van der Waals surface area contributed by atoms with E-state index in [-0.39, 0.29) is 0 Å². The molecule has 10 heavy (non-hydrogen) atoms. The highest BCUT2D eigenvalue weighted by Gasteiger charge is 1.73. The fraction of sp³-hybridized carbons (Fsp3) is 0.375. The molecule has 0 saturated heterocycles. The van der Waals surface area contributed by atoms with Crippen molar-refractivity contribution >= 4 is 6.21 Å². The van der Waals surface area contributed by atoms with Crippen LogP contribution < -0.4 is 0 Å². The van der Waals surface area contributed by atoms with Gasteiger partial charge in [0.25, 0.3) is 0 Å². The van der Waals surface area contributed by atoms with E-state index in [4.69, 9.17) is 4.74 Å². The van der Waals surface area contributed by atoms with E-state index >= 15 is 0 Å². The molecule has 0 spiro atoms. The minimum atomic E-state index is 0.418. The Bertz CT molecular complexity index is 147. The second kappa shape index (κ2) is 6.23. The Balaban J connectivity index is 3.59. The van der Waals surface area contributed by atoms with Crippen LogP contribution in [0, 0.1) is 0 Å². The molecule has 0 N–H and O–H groups in total. The summed E-state index contributed by atoms with van der Waals surface area (Å²) < 4.78 is 4.70. The molecule has 0 aliphatic carbocycles. The molecule has 56 valence electrons. The highest BCUT2D eigenvalue weighted by molar-refractivity contribution is 5.72. The van der Waals surface area contributed by atoms with Crippen LogP contribution in [-0.4, -0.2) is 20.1 Å². The van der Waals surface area contributed by atoms with Crippen molar-refractivity contribution in [3.63, 3.8) is 0 Å². The first kappa shape index (κ1) is 9.11. The monoisotopic (exact) mass is 139 g/mol. The molecule has 0 radical (unpaired) electrons. The van der Waals surface area contributed by atoms with Gasteiger partial charge in [-0.25, -0.2) is 0 Å². The van der Waals surface area contributed by atoms with E-state index in [9.17, 15) is 0 Å². The Morgan fingerprint density at radius 3 is 2.90 bits per heavy atom. The van der Waals surface area contributed by atoms with Gasteiger partial charge < -0.3 is 4.74 Å². The lowest BCUT2D eigenvalue weighted by molar-refractivity contribution is 0.209. The van der Waals surface area contributed by atoms with Crippen molar-refractivity contribution in [2.75, 3.05) is 13.8 Å². The van der Waals surface area contributed by atoms with Gasteiger partial charge in [0.2, 0.25) is 0 Å². The zero-order valence-electron chi connectivity index (χ0n) is 6.50. The molecule has 2 nitrogen and oxygen atoms in total. The molecule has 0 amide bonds. The van der Waals surface area contributed by atoms with E-state index < -0.39 is 0 Å². The van der Waals surface area contributed by atoms with E-state index in [2.05, 4.69) is 11.6 Å². The molecule has 0 atom stereocenters. The van der Waals surface area contributed by atoms with Gasteiger partial charge in [-0.2, -0.15) is 0 Å². The third kappa shape index (κ3) is 5.25. The minimum Gasteiger partial charge on any atom is -0.363 e. The maximum atomic E-state index is 4.70. The van der Waals surface area contributed by atoms with Crippen molar-refractivity contribution in [2.45, 2.75) is 6.92 Å². The average molecular weight is 139 g/mol. The van der Waals surface area contributed by atoms with Crippen LogP contribution in [-0.2, 0) is 4.74 Å². The summed E-state index contributed by atoms with van der Waals surface area (Å²) in [5, 5.41) is 0. The zero-order valence-corrected chi connectivity index (χ0v) is 6.50. The van der Waals surface area contributed by atoms with E-state index in [1.807, 2.05) is 13.0 Å². The first-order chi connectivity index (χ1) is 4.81. The highest BCUT2D eigenvalue weighted by Crippen LogP contribution is 1.88. The predicted molar refractivity (Wildman–Crippen MR) is 44.3 cm³/mol. The summed E-state index contributed by atoms with van der Waals surface area (Å²) >= 11 is 0. The summed E-state index contributed by atoms with van der Waals surface area (Å²) in [5.74, 6) is 0. The molecule has 0 saturated carbocycles. The molecule has 0 unspecified atom stereocenters. The second-order valence-electron chi connectivity index (χ2n) is 1.86. The van der Waals surface area contributed by atoms with E-state index in [0.29, 0.717) is 6.73 Å². The third-order valence-electron chi connectivity index (χ3n) is 0.968.